The number of anilines is 1. The number of nitrogens with zero attached hydrogens (tertiary/aromatic N) is 4. The Morgan fingerprint density at radius 1 is 1.07 bits per heavy atom. The first-order valence-electron chi connectivity index (χ1n) is 9.39. The average Bonchev–Trinajstić information content (AvgIpc) is 3.12. The minimum Gasteiger partial charge on any atom is -0.325 e. The molecule has 0 atom stereocenters. The molecule has 0 radical (unpaired) electrons. The van der Waals surface area contributed by atoms with E-state index in [4.69, 9.17) is 0 Å². The Kier molecular flexibility index (Phi) is 5.50. The van der Waals surface area contributed by atoms with Crippen LogP contribution in [0.15, 0.2) is 53.6 Å². The third-order valence-corrected chi connectivity index (χ3v) is 5.53. The molecule has 30 heavy (non-hydrogen) atoms. The van der Waals surface area contributed by atoms with Crippen molar-refractivity contribution in [2.45, 2.75) is 25.8 Å². The summed E-state index contributed by atoms with van der Waals surface area (Å²) in [4.78, 5) is 12.5. The van der Waals surface area contributed by atoms with Crippen LogP contribution in [0.25, 0.3) is 17.0 Å². The van der Waals surface area contributed by atoms with Crippen LogP contribution in [0.1, 0.15) is 16.7 Å². The van der Waals surface area contributed by atoms with Gasteiger partial charge in [-0.25, -0.2) is 4.39 Å². The molecule has 0 saturated carbocycles. The maximum absolute atomic E-state index is 13.6. The number of benzene rings is 2. The summed E-state index contributed by atoms with van der Waals surface area (Å²) >= 11 is 1.31. The first kappa shape index (κ1) is 20.0. The molecule has 0 aliphatic rings. The Hall–Kier alpha value is -3.26. The predicted octanol–water partition coefficient (Wildman–Crippen LogP) is 4.59. The Labute approximate surface area is 177 Å². The maximum atomic E-state index is 13.6. The van der Waals surface area contributed by atoms with E-state index in [0.29, 0.717) is 22.1 Å². The van der Waals surface area contributed by atoms with Crippen molar-refractivity contribution in [3.05, 3.63) is 71.0 Å². The van der Waals surface area contributed by atoms with Crippen molar-refractivity contribution >= 4 is 29.0 Å². The van der Waals surface area contributed by atoms with Crippen molar-refractivity contribution in [1.29, 1.82) is 0 Å². The van der Waals surface area contributed by atoms with Crippen molar-refractivity contribution in [3.8, 4) is 11.4 Å². The van der Waals surface area contributed by atoms with Gasteiger partial charge in [0, 0.05) is 11.3 Å². The molecule has 0 aliphatic heterocycles. The number of carbonyl (C=O) groups is 1. The van der Waals surface area contributed by atoms with Crippen LogP contribution in [0.5, 0.6) is 0 Å². The van der Waals surface area contributed by atoms with Crippen LogP contribution in [0.4, 0.5) is 10.1 Å². The van der Waals surface area contributed by atoms with Gasteiger partial charge in [-0.3, -0.25) is 4.79 Å². The smallest absolute Gasteiger partial charge is 0.234 e. The van der Waals surface area contributed by atoms with E-state index in [0.717, 1.165) is 22.4 Å². The molecule has 0 saturated heterocycles. The van der Waals surface area contributed by atoms with E-state index in [1.54, 1.807) is 28.8 Å². The van der Waals surface area contributed by atoms with Crippen LogP contribution in [-0.2, 0) is 4.79 Å². The lowest BCUT2D eigenvalue weighted by Crippen LogP contribution is -2.16. The fourth-order valence-electron chi connectivity index (χ4n) is 3.35. The number of hydrogen-bond donors (Lipinski definition) is 1. The van der Waals surface area contributed by atoms with Gasteiger partial charge < -0.3 is 5.32 Å². The zero-order valence-electron chi connectivity index (χ0n) is 16.8. The molecule has 8 heteroatoms. The average molecular weight is 422 g/mol. The van der Waals surface area contributed by atoms with Crippen LogP contribution in [0.2, 0.25) is 0 Å². The van der Waals surface area contributed by atoms with Gasteiger partial charge in [0.15, 0.2) is 11.5 Å². The molecular weight excluding hydrogens is 401 g/mol. The molecule has 2 aromatic carbocycles. The molecule has 2 aromatic heterocycles. The number of hydrogen-bond acceptors (Lipinski definition) is 5. The fraction of sp³-hybridized carbons (Fsp3) is 0.182. The van der Waals surface area contributed by atoms with Gasteiger partial charge >= 0.3 is 0 Å². The van der Waals surface area contributed by atoms with Crippen LogP contribution < -0.4 is 5.32 Å². The molecule has 0 fully saturated rings. The zero-order valence-corrected chi connectivity index (χ0v) is 17.6. The minimum atomic E-state index is -0.354. The minimum absolute atomic E-state index is 0.105. The summed E-state index contributed by atoms with van der Waals surface area (Å²) in [5.74, 6) is 0.199. The van der Waals surface area contributed by atoms with Crippen molar-refractivity contribution < 1.29 is 9.18 Å². The van der Waals surface area contributed by atoms with E-state index in [-0.39, 0.29) is 17.5 Å². The van der Waals surface area contributed by atoms with Gasteiger partial charge in [0.05, 0.1) is 5.75 Å². The Morgan fingerprint density at radius 2 is 1.83 bits per heavy atom. The molecule has 0 bridgehead atoms. The number of fused-ring (bicyclic) bond motifs is 1. The topological polar surface area (TPSA) is 72.2 Å². The maximum Gasteiger partial charge on any atom is 0.234 e. The van der Waals surface area contributed by atoms with E-state index >= 15 is 0 Å². The molecule has 1 N–H and O–H groups in total. The normalized spacial score (nSPS) is 11.1. The van der Waals surface area contributed by atoms with Gasteiger partial charge in [-0.1, -0.05) is 41.6 Å². The number of carbonyl (C=O) groups excluding carboxylic acids is 1. The highest BCUT2D eigenvalue weighted by atomic mass is 32.2. The van der Waals surface area contributed by atoms with Crippen LogP contribution >= 0.6 is 11.8 Å². The van der Waals surface area contributed by atoms with Gasteiger partial charge in [0.25, 0.3) is 0 Å². The van der Waals surface area contributed by atoms with Crippen LogP contribution in [-0.4, -0.2) is 31.5 Å². The van der Waals surface area contributed by atoms with Crippen molar-refractivity contribution in [2.24, 2.45) is 0 Å². The molecule has 4 rings (SSSR count). The monoisotopic (exact) mass is 421 g/mol. The summed E-state index contributed by atoms with van der Waals surface area (Å²) in [6.45, 7) is 6.00. The first-order valence-corrected chi connectivity index (χ1v) is 10.4. The molecule has 0 spiro atoms. The van der Waals surface area contributed by atoms with E-state index in [2.05, 4.69) is 20.6 Å². The largest absolute Gasteiger partial charge is 0.325 e. The third-order valence-electron chi connectivity index (χ3n) is 4.61. The second kappa shape index (κ2) is 8.23. The first-order chi connectivity index (χ1) is 14.4. The Balaban J connectivity index is 1.51. The number of nitrogens with one attached hydrogen (secondary N) is 1. The van der Waals surface area contributed by atoms with Gasteiger partial charge in [0.2, 0.25) is 5.91 Å². The predicted molar refractivity (Wildman–Crippen MR) is 116 cm³/mol. The summed E-state index contributed by atoms with van der Waals surface area (Å²) in [6.07, 6.45) is 0. The van der Waals surface area contributed by atoms with Crippen molar-refractivity contribution in [3.63, 3.8) is 0 Å². The summed E-state index contributed by atoms with van der Waals surface area (Å²) in [5, 5.41) is 16.4. The highest BCUT2D eigenvalue weighted by Crippen LogP contribution is 2.24. The molecule has 0 aliphatic carbocycles. The fourth-order valence-corrected chi connectivity index (χ4v) is 4.00. The molecule has 1 amide bonds. The molecule has 0 unspecified atom stereocenters. The molecule has 6 nitrogen and oxygen atoms in total. The van der Waals surface area contributed by atoms with Gasteiger partial charge in [-0.15, -0.1) is 10.2 Å². The Morgan fingerprint density at radius 3 is 2.57 bits per heavy atom. The lowest BCUT2D eigenvalue weighted by molar-refractivity contribution is -0.113. The van der Waals surface area contributed by atoms with Crippen LogP contribution in [0.3, 0.4) is 0 Å². The highest BCUT2D eigenvalue weighted by Gasteiger charge is 2.13. The van der Waals surface area contributed by atoms with Gasteiger partial charge in [-0.2, -0.15) is 9.61 Å². The SMILES string of the molecule is Cc1cc(C)c(NC(=O)CSc2ccc3nnc(-c4cccc(F)c4)n3n2)c(C)c1. The number of aryl methyl sites for hydroxylation is 3. The third kappa shape index (κ3) is 4.18. The van der Waals surface area contributed by atoms with E-state index in [9.17, 15) is 9.18 Å². The van der Waals surface area contributed by atoms with E-state index in [1.165, 1.54) is 23.9 Å². The number of halogens is 1. The second-order valence-corrected chi connectivity index (χ2v) is 8.08. The van der Waals surface area contributed by atoms with Crippen LogP contribution in [0, 0.1) is 26.6 Å². The number of aromatic nitrogens is 4. The quantitative estimate of drug-likeness (QED) is 0.477. The molecule has 2 heterocycles. The van der Waals surface area contributed by atoms with Gasteiger partial charge in [0.1, 0.15) is 10.8 Å². The van der Waals surface area contributed by atoms with Crippen molar-refractivity contribution in [1.82, 2.24) is 19.8 Å². The number of rotatable bonds is 5. The van der Waals surface area contributed by atoms with E-state index < -0.39 is 0 Å². The lowest BCUT2D eigenvalue weighted by atomic mass is 10.1. The summed E-state index contributed by atoms with van der Waals surface area (Å²) in [7, 11) is 0. The summed E-state index contributed by atoms with van der Waals surface area (Å²) in [6, 6.07) is 13.8. The Bertz CT molecular complexity index is 1230. The summed E-state index contributed by atoms with van der Waals surface area (Å²) < 4.78 is 15.1. The lowest BCUT2D eigenvalue weighted by Gasteiger charge is -2.12. The highest BCUT2D eigenvalue weighted by molar-refractivity contribution is 7.99. The second-order valence-electron chi connectivity index (χ2n) is 7.09. The van der Waals surface area contributed by atoms with E-state index in [1.807, 2.05) is 32.9 Å². The number of amides is 1. The molecule has 4 aromatic rings. The number of thioether (sulfide) groups is 1. The van der Waals surface area contributed by atoms with Crippen molar-refractivity contribution in [2.75, 3.05) is 11.1 Å². The zero-order chi connectivity index (χ0) is 21.3. The molecule has 152 valence electrons. The summed E-state index contributed by atoms with van der Waals surface area (Å²) in [5.41, 5.74) is 5.22. The standard InChI is InChI=1S/C22H20FN5OS/c1-13-9-14(2)21(15(3)10-13)24-19(29)12-30-20-8-7-18-25-26-22(28(18)27-20)16-5-4-6-17(23)11-16/h4-11H,12H2,1-3H3,(H,24,29). The molecular formula is C22H20FN5OS. The van der Waals surface area contributed by atoms with Gasteiger partial charge in [-0.05, 0) is 56.2 Å².